The van der Waals surface area contributed by atoms with E-state index in [9.17, 15) is 10.1 Å². The van der Waals surface area contributed by atoms with Gasteiger partial charge in [0.2, 0.25) is 0 Å². The first kappa shape index (κ1) is 10.7. The Balaban J connectivity index is 2.62. The lowest BCUT2D eigenvalue weighted by Gasteiger charge is -2.01. The van der Waals surface area contributed by atoms with Gasteiger partial charge in [-0.1, -0.05) is 11.6 Å². The van der Waals surface area contributed by atoms with E-state index in [2.05, 4.69) is 4.98 Å². The van der Waals surface area contributed by atoms with Gasteiger partial charge in [0, 0.05) is 17.3 Å². The van der Waals surface area contributed by atoms with Crippen LogP contribution in [0, 0.1) is 17.0 Å². The molecule has 1 aromatic heterocycles. The summed E-state index contributed by atoms with van der Waals surface area (Å²) in [6.45, 7) is 1.91. The number of nitrogens with zero attached hydrogens (tertiary/aromatic N) is 1. The van der Waals surface area contributed by atoms with Gasteiger partial charge < -0.3 is 4.98 Å². The Morgan fingerprint density at radius 1 is 1.38 bits per heavy atom. The smallest absolute Gasteiger partial charge is 0.278 e. The fourth-order valence-corrected chi connectivity index (χ4v) is 1.71. The summed E-state index contributed by atoms with van der Waals surface area (Å²) in [4.78, 5) is 13.4. The van der Waals surface area contributed by atoms with Crippen LogP contribution in [0.15, 0.2) is 30.5 Å². The molecule has 1 aromatic carbocycles. The second-order valence-electron chi connectivity index (χ2n) is 3.51. The van der Waals surface area contributed by atoms with Gasteiger partial charge in [0.25, 0.3) is 5.69 Å². The van der Waals surface area contributed by atoms with Gasteiger partial charge in [-0.15, -0.1) is 0 Å². The van der Waals surface area contributed by atoms with E-state index in [1.54, 1.807) is 12.3 Å². The van der Waals surface area contributed by atoms with Gasteiger partial charge in [-0.25, -0.2) is 0 Å². The van der Waals surface area contributed by atoms with Crippen molar-refractivity contribution in [2.24, 2.45) is 0 Å². The van der Waals surface area contributed by atoms with Crippen molar-refractivity contribution < 1.29 is 4.92 Å². The summed E-state index contributed by atoms with van der Waals surface area (Å²) in [7, 11) is 0. The third-order valence-electron chi connectivity index (χ3n) is 2.27. The molecule has 5 heteroatoms. The van der Waals surface area contributed by atoms with Crippen molar-refractivity contribution in [1.82, 2.24) is 4.98 Å². The van der Waals surface area contributed by atoms with E-state index < -0.39 is 4.92 Å². The maximum Gasteiger partial charge on any atom is 0.278 e. The first-order valence-electron chi connectivity index (χ1n) is 4.67. The highest BCUT2D eigenvalue weighted by Crippen LogP contribution is 2.31. The fourth-order valence-electron chi connectivity index (χ4n) is 1.54. The molecule has 0 spiro atoms. The molecule has 0 unspecified atom stereocenters. The number of nitro benzene ring substituents is 1. The second kappa shape index (κ2) is 3.98. The molecule has 0 bridgehead atoms. The van der Waals surface area contributed by atoms with Crippen LogP contribution in [0.3, 0.4) is 0 Å². The number of H-pyrrole nitrogens is 1. The summed E-state index contributed by atoms with van der Waals surface area (Å²) in [5, 5.41) is 11.3. The Labute approximate surface area is 97.0 Å². The maximum absolute atomic E-state index is 10.9. The Bertz CT molecular complexity index is 549. The van der Waals surface area contributed by atoms with Crippen LogP contribution in [0.1, 0.15) is 5.56 Å². The van der Waals surface area contributed by atoms with E-state index in [1.807, 2.05) is 13.0 Å². The summed E-state index contributed by atoms with van der Waals surface area (Å²) in [5.41, 5.74) is 2.27. The number of hydrogen-bond donors (Lipinski definition) is 1. The highest BCUT2D eigenvalue weighted by molar-refractivity contribution is 6.31. The van der Waals surface area contributed by atoms with Crippen molar-refractivity contribution in [2.45, 2.75) is 6.92 Å². The molecule has 0 aliphatic heterocycles. The molecule has 4 nitrogen and oxygen atoms in total. The standard InChI is InChI=1S/C11H9ClN2O2/c1-7-4-10(13-6-7)9-5-8(12)2-3-11(9)14(15)16/h2-6,13H,1H3. The lowest BCUT2D eigenvalue weighted by atomic mass is 10.1. The number of halogens is 1. The highest BCUT2D eigenvalue weighted by Gasteiger charge is 2.16. The summed E-state index contributed by atoms with van der Waals surface area (Å²) in [5.74, 6) is 0. The molecule has 82 valence electrons. The first-order chi connectivity index (χ1) is 7.58. The molecule has 0 fully saturated rings. The predicted octanol–water partition coefficient (Wildman–Crippen LogP) is 3.55. The molecule has 2 rings (SSSR count). The lowest BCUT2D eigenvalue weighted by Crippen LogP contribution is -1.91. The van der Waals surface area contributed by atoms with Gasteiger partial charge in [-0.3, -0.25) is 10.1 Å². The minimum absolute atomic E-state index is 0.0475. The predicted molar refractivity (Wildman–Crippen MR) is 62.6 cm³/mol. The van der Waals surface area contributed by atoms with Crippen LogP contribution in [0.5, 0.6) is 0 Å². The summed E-state index contributed by atoms with van der Waals surface area (Å²) in [6, 6.07) is 6.36. The molecule has 0 saturated carbocycles. The molecule has 0 amide bonds. The van der Waals surface area contributed by atoms with Crippen molar-refractivity contribution >= 4 is 17.3 Å². The van der Waals surface area contributed by atoms with Crippen LogP contribution < -0.4 is 0 Å². The lowest BCUT2D eigenvalue weighted by molar-refractivity contribution is -0.384. The zero-order chi connectivity index (χ0) is 11.7. The number of benzene rings is 1. The van der Waals surface area contributed by atoms with Crippen molar-refractivity contribution in [3.05, 3.63) is 51.2 Å². The van der Waals surface area contributed by atoms with E-state index in [1.165, 1.54) is 12.1 Å². The molecule has 16 heavy (non-hydrogen) atoms. The van der Waals surface area contributed by atoms with E-state index >= 15 is 0 Å². The minimum Gasteiger partial charge on any atom is -0.361 e. The SMILES string of the molecule is Cc1c[nH]c(-c2cc(Cl)ccc2[N+](=O)[O-])c1. The number of aryl methyl sites for hydroxylation is 1. The average molecular weight is 237 g/mol. The summed E-state index contributed by atoms with van der Waals surface area (Å²) >= 11 is 5.84. The van der Waals surface area contributed by atoms with Crippen LogP contribution in [0.2, 0.25) is 5.02 Å². The largest absolute Gasteiger partial charge is 0.361 e. The number of aromatic nitrogens is 1. The van der Waals surface area contributed by atoms with Gasteiger partial charge in [-0.05, 0) is 30.7 Å². The van der Waals surface area contributed by atoms with Gasteiger partial charge in [0.05, 0.1) is 16.2 Å². The zero-order valence-electron chi connectivity index (χ0n) is 8.53. The Hall–Kier alpha value is -1.81. The third kappa shape index (κ3) is 1.92. The molecule has 0 saturated heterocycles. The Kier molecular flexibility index (Phi) is 2.66. The number of rotatable bonds is 2. The maximum atomic E-state index is 10.9. The summed E-state index contributed by atoms with van der Waals surface area (Å²) in [6.07, 6.45) is 1.79. The van der Waals surface area contributed by atoms with Crippen molar-refractivity contribution in [1.29, 1.82) is 0 Å². The topological polar surface area (TPSA) is 58.9 Å². The van der Waals surface area contributed by atoms with Crippen LogP contribution in [0.4, 0.5) is 5.69 Å². The number of nitro groups is 1. The molecule has 0 radical (unpaired) electrons. The Morgan fingerprint density at radius 2 is 2.12 bits per heavy atom. The molecule has 2 aromatic rings. The highest BCUT2D eigenvalue weighted by atomic mass is 35.5. The number of nitrogens with one attached hydrogen (secondary N) is 1. The van der Waals surface area contributed by atoms with Gasteiger partial charge in [-0.2, -0.15) is 0 Å². The normalized spacial score (nSPS) is 10.4. The molecule has 1 heterocycles. The zero-order valence-corrected chi connectivity index (χ0v) is 9.28. The van der Waals surface area contributed by atoms with Crippen LogP contribution >= 0.6 is 11.6 Å². The molecule has 1 N–H and O–H groups in total. The van der Waals surface area contributed by atoms with Crippen molar-refractivity contribution in [2.75, 3.05) is 0 Å². The van der Waals surface area contributed by atoms with Crippen LogP contribution in [-0.2, 0) is 0 Å². The van der Waals surface area contributed by atoms with Crippen molar-refractivity contribution in [3.8, 4) is 11.3 Å². The molecular weight excluding hydrogens is 228 g/mol. The van der Waals surface area contributed by atoms with Gasteiger partial charge in [0.15, 0.2) is 0 Å². The van der Waals surface area contributed by atoms with E-state index in [0.29, 0.717) is 16.3 Å². The van der Waals surface area contributed by atoms with Crippen molar-refractivity contribution in [3.63, 3.8) is 0 Å². The fraction of sp³-hybridized carbons (Fsp3) is 0.0909. The second-order valence-corrected chi connectivity index (χ2v) is 3.95. The number of aromatic amines is 1. The third-order valence-corrected chi connectivity index (χ3v) is 2.51. The monoisotopic (exact) mass is 236 g/mol. The van der Waals surface area contributed by atoms with Crippen LogP contribution in [0.25, 0.3) is 11.3 Å². The van der Waals surface area contributed by atoms with Gasteiger partial charge in [0.1, 0.15) is 0 Å². The van der Waals surface area contributed by atoms with E-state index in [-0.39, 0.29) is 5.69 Å². The van der Waals surface area contributed by atoms with E-state index in [4.69, 9.17) is 11.6 Å². The van der Waals surface area contributed by atoms with E-state index in [0.717, 1.165) is 5.56 Å². The van der Waals surface area contributed by atoms with Gasteiger partial charge >= 0.3 is 0 Å². The summed E-state index contributed by atoms with van der Waals surface area (Å²) < 4.78 is 0. The first-order valence-corrected chi connectivity index (χ1v) is 5.05. The number of hydrogen-bond acceptors (Lipinski definition) is 2. The molecule has 0 atom stereocenters. The average Bonchev–Trinajstić information content (AvgIpc) is 2.64. The molecule has 0 aliphatic carbocycles. The molecular formula is C11H9ClN2O2. The van der Waals surface area contributed by atoms with Crippen LogP contribution in [-0.4, -0.2) is 9.91 Å². The quantitative estimate of drug-likeness (QED) is 0.640. The minimum atomic E-state index is -0.415. The molecule has 0 aliphatic rings. The Morgan fingerprint density at radius 3 is 2.69 bits per heavy atom.